The number of pyridine rings is 4. The van der Waals surface area contributed by atoms with Gasteiger partial charge in [0.05, 0.1) is 110 Å². The third-order valence-electron chi connectivity index (χ3n) is 25.3. The molecule has 9 N–H and O–H groups in total. The van der Waals surface area contributed by atoms with Crippen LogP contribution in [0.15, 0.2) is 128 Å². The van der Waals surface area contributed by atoms with E-state index in [1.165, 1.54) is 17.8 Å². The fraction of sp³-hybridized carbons (Fsp3) is 0.410. The molecule has 25 nitrogen and oxygen atoms in total. The highest BCUT2D eigenvalue weighted by Crippen LogP contribution is 2.47. The van der Waals surface area contributed by atoms with Gasteiger partial charge in [-0.1, -0.05) is 18.2 Å². The van der Waals surface area contributed by atoms with E-state index >= 15 is 0 Å². The highest BCUT2D eigenvalue weighted by Gasteiger charge is 2.50. The van der Waals surface area contributed by atoms with E-state index < -0.39 is 16.8 Å². The lowest BCUT2D eigenvalue weighted by Gasteiger charge is -2.54. The first-order valence-electron chi connectivity index (χ1n) is 38.6. The van der Waals surface area contributed by atoms with Gasteiger partial charge in [0, 0.05) is 130 Å². The van der Waals surface area contributed by atoms with Crippen LogP contribution in [0.3, 0.4) is 0 Å². The summed E-state index contributed by atoms with van der Waals surface area (Å²) in [7, 11) is 2.05. The molecule has 0 spiro atoms. The number of aromatic nitrogens is 9. The average Bonchev–Trinajstić information content (AvgIpc) is 1.62. The van der Waals surface area contributed by atoms with Gasteiger partial charge in [-0.2, -0.15) is 10.2 Å². The normalized spacial score (nSPS) is 24.9. The van der Waals surface area contributed by atoms with Gasteiger partial charge in [-0.15, -0.1) is 0 Å². The molecule has 4 fully saturated rings. The molecule has 26 heteroatoms. The number of imidazole rings is 1. The molecule has 8 atom stereocenters. The zero-order valence-electron chi connectivity index (χ0n) is 61.7. The van der Waals surface area contributed by atoms with Crippen molar-refractivity contribution in [3.8, 4) is 33.5 Å². The number of piperidine rings is 3. The highest BCUT2D eigenvalue weighted by molar-refractivity contribution is 6.08. The third-order valence-corrected chi connectivity index (χ3v) is 25.3. The van der Waals surface area contributed by atoms with E-state index in [0.29, 0.717) is 128 Å². The van der Waals surface area contributed by atoms with Crippen LogP contribution in [-0.4, -0.2) is 157 Å². The Hall–Kier alpha value is -10.8. The fourth-order valence-electron chi connectivity index (χ4n) is 19.6. The molecule has 3 aromatic carbocycles. The molecule has 0 radical (unpaired) electrons. The van der Waals surface area contributed by atoms with Gasteiger partial charge >= 0.3 is 0 Å². The minimum atomic E-state index is -0.882. The van der Waals surface area contributed by atoms with E-state index in [1.54, 1.807) is 12.4 Å². The number of anilines is 9. The number of hydrogen-bond acceptors (Lipinski definition) is 19. The summed E-state index contributed by atoms with van der Waals surface area (Å²) >= 11 is 0. The smallest absolute Gasteiger partial charge is 0.254 e. The van der Waals surface area contributed by atoms with Crippen LogP contribution >= 0.6 is 0 Å². The second-order valence-electron chi connectivity index (χ2n) is 32.8. The molecule has 7 aromatic heterocycles. The van der Waals surface area contributed by atoms with Gasteiger partial charge in [-0.05, 0) is 199 Å². The van der Waals surface area contributed by atoms with Crippen LogP contribution in [-0.2, 0) is 45.6 Å². The van der Waals surface area contributed by atoms with Crippen LogP contribution in [0.25, 0.3) is 39.2 Å². The second kappa shape index (κ2) is 26.5. The Morgan fingerprint density at radius 2 is 1.06 bits per heavy atom. The van der Waals surface area contributed by atoms with Crippen molar-refractivity contribution in [2.45, 2.75) is 159 Å². The van der Waals surface area contributed by atoms with Crippen LogP contribution in [0.1, 0.15) is 138 Å². The molecule has 0 aliphatic carbocycles. The van der Waals surface area contributed by atoms with E-state index in [4.69, 9.17) is 25.1 Å². The number of aliphatic hydroxyl groups is 3. The number of carbonyl (C=O) groups is 3. The number of hydrogen-bond donors (Lipinski definition) is 9. The van der Waals surface area contributed by atoms with Gasteiger partial charge in [0.25, 0.3) is 17.7 Å². The molecule has 10 aromatic rings. The summed E-state index contributed by atoms with van der Waals surface area (Å²) in [6.45, 7) is 11.6. The standard InChI is InChI=1S/C83H90FN19O6/c1-47-23-26-81(2,107)43-100(47)54-9-21-72(86-32-54)94-64-14-11-56(61-34-89-78(104)75(61)64)59-37-92-102-40-48(5-17-68(59)102)29-52-24-27-82(3,108)44-101(52)55-10-22-73(87-33-55)95-65-15-12-57(62-35-90-79(105)76(62)65)60-38-93-103-41-49(6-18-69(60)103)67-19-7-50(83(109)45-97(4)46-83)42-99(67)53-8-20-71(85-31-53)96-66-16-13-58(63-36-91-80(106)77(63)66)70-39-88-74-30-51(84)25-28-98(70)74/h8-16,20-22,25,28,30-33,37-39,47-50,52,67,107-109H,5-7,17-19,23-24,26-27,29,34-36,40-46H2,1-4H3,(H,85,96)(H,86,94)(H,87,95)(H,89,104)(H,90,105)(H,91,106)/t47-,48?,49?,50?,52+,67?,81+,82-/m1/s1. The number of likely N-dealkylation sites (N-methyl/N-ethyl adjacent to an activating group) is 1. The van der Waals surface area contributed by atoms with Gasteiger partial charge in [0.1, 0.15) is 28.9 Å². The third kappa shape index (κ3) is 12.4. The Labute approximate surface area is 630 Å². The van der Waals surface area contributed by atoms with Gasteiger partial charge in [0.15, 0.2) is 0 Å². The Morgan fingerprint density at radius 3 is 1.62 bits per heavy atom. The minimum absolute atomic E-state index is 0.0733. The van der Waals surface area contributed by atoms with Crippen molar-refractivity contribution < 1.29 is 34.1 Å². The number of nitrogens with one attached hydrogen (secondary N) is 6. The number of carbonyl (C=O) groups excluding carboxylic acids is 3. The predicted molar refractivity (Wildman–Crippen MR) is 414 cm³/mol. The molecule has 109 heavy (non-hydrogen) atoms. The minimum Gasteiger partial charge on any atom is -0.388 e. The van der Waals surface area contributed by atoms with E-state index in [1.807, 2.05) is 97.8 Å². The van der Waals surface area contributed by atoms with Crippen molar-refractivity contribution in [3.05, 3.63) is 179 Å². The maximum atomic E-state index is 14.1. The van der Waals surface area contributed by atoms with Gasteiger partial charge in [-0.25, -0.2) is 24.3 Å². The topological polar surface area (TPSA) is 289 Å². The van der Waals surface area contributed by atoms with E-state index in [0.717, 1.165) is 144 Å². The van der Waals surface area contributed by atoms with E-state index in [9.17, 15) is 34.1 Å². The van der Waals surface area contributed by atoms with Crippen LogP contribution < -0.4 is 46.6 Å². The van der Waals surface area contributed by atoms with Crippen LogP contribution in [0.4, 0.5) is 56.0 Å². The largest absolute Gasteiger partial charge is 0.388 e. The summed E-state index contributed by atoms with van der Waals surface area (Å²) in [6.07, 6.45) is 22.3. The Morgan fingerprint density at radius 1 is 0.532 bits per heavy atom. The molecule has 0 bridgehead atoms. The van der Waals surface area contributed by atoms with Crippen molar-refractivity contribution >= 4 is 74.9 Å². The molecule has 16 heterocycles. The molecule has 0 saturated carbocycles. The average molecular weight is 1470 g/mol. The summed E-state index contributed by atoms with van der Waals surface area (Å²) in [6, 6.07) is 27.4. The summed E-state index contributed by atoms with van der Waals surface area (Å²) < 4.78 is 20.3. The molecular weight excluding hydrogens is 1380 g/mol. The first kappa shape index (κ1) is 68.7. The van der Waals surface area contributed by atoms with Gasteiger partial charge in [-0.3, -0.25) is 28.1 Å². The van der Waals surface area contributed by atoms with Crippen LogP contribution in [0.5, 0.6) is 0 Å². The quantitative estimate of drug-likeness (QED) is 0.0434. The van der Waals surface area contributed by atoms with E-state index in [2.05, 4.69) is 104 Å². The summed E-state index contributed by atoms with van der Waals surface area (Å²) in [5.41, 5.74) is 15.3. The number of benzene rings is 3. The molecule has 19 rings (SSSR count). The first-order chi connectivity index (χ1) is 52.7. The number of amides is 3. The molecule has 4 unspecified atom stereocenters. The van der Waals surface area contributed by atoms with Crippen LogP contribution in [0.2, 0.25) is 0 Å². The zero-order chi connectivity index (χ0) is 74.4. The van der Waals surface area contributed by atoms with Crippen molar-refractivity contribution in [2.24, 2.45) is 17.8 Å². The summed E-state index contributed by atoms with van der Waals surface area (Å²) in [4.78, 5) is 69.3. The van der Waals surface area contributed by atoms with Crippen molar-refractivity contribution in [1.29, 1.82) is 0 Å². The molecule has 9 aliphatic rings. The molecule has 560 valence electrons. The highest BCUT2D eigenvalue weighted by atomic mass is 19.1. The van der Waals surface area contributed by atoms with Crippen molar-refractivity contribution in [2.75, 3.05) is 70.4 Å². The molecule has 9 aliphatic heterocycles. The Kier molecular flexibility index (Phi) is 16.7. The maximum Gasteiger partial charge on any atom is 0.254 e. The van der Waals surface area contributed by atoms with E-state index in [-0.39, 0.29) is 53.5 Å². The number of rotatable bonds is 16. The predicted octanol–water partition coefficient (Wildman–Crippen LogP) is 10.6. The molecular formula is C83H90FN19O6. The fourth-order valence-corrected chi connectivity index (χ4v) is 19.6. The number of halogens is 1. The van der Waals surface area contributed by atoms with Gasteiger partial charge in [0.2, 0.25) is 0 Å². The first-order valence-corrected chi connectivity index (χ1v) is 38.6. The Balaban J connectivity index is 0.516. The van der Waals surface area contributed by atoms with Crippen LogP contribution in [0, 0.1) is 23.6 Å². The second-order valence-corrected chi connectivity index (χ2v) is 32.8. The Bertz CT molecular complexity index is 5280. The van der Waals surface area contributed by atoms with Gasteiger partial charge < -0.3 is 66.8 Å². The summed E-state index contributed by atoms with van der Waals surface area (Å²) in [5.74, 6) is 1.65. The number of fused-ring (bicyclic) bond motifs is 6. The lowest BCUT2D eigenvalue weighted by atomic mass is 9.73. The lowest BCUT2D eigenvalue weighted by molar-refractivity contribution is -0.130. The molecule has 4 saturated heterocycles. The lowest BCUT2D eigenvalue weighted by Crippen LogP contribution is -2.67. The summed E-state index contributed by atoms with van der Waals surface area (Å²) in [5, 5.41) is 64.0. The number of β-amino-alcohol motifs (C(OH)–C–C–N with tert-alkyl or cyclic N) is 3. The van der Waals surface area contributed by atoms with Crippen molar-refractivity contribution in [3.63, 3.8) is 0 Å². The monoisotopic (exact) mass is 1470 g/mol. The maximum absolute atomic E-state index is 14.1. The van der Waals surface area contributed by atoms with Crippen molar-refractivity contribution in [1.82, 2.24) is 64.7 Å². The zero-order valence-corrected chi connectivity index (χ0v) is 61.7. The number of likely N-dealkylation sites (tertiary alicyclic amines) is 1. The molecule has 3 amide bonds. The SMILES string of the molecule is C[C@@H]1CC[C@](C)(O)CN1c1ccc(Nc2ccc(-c3cnn4c3CCC(C[C@@H]3CC[C@@](C)(O)CN3c3ccc(Nc5ccc(-c6cnn7c6CCC(C6CCC(C8(O)CN(C)C8)CN6c6ccc(Nc8ccc(-c9cnc%10cc(F)ccn9%10)c9c8C(=O)NC9)nc6)C7)c6c5C(=O)NC6)nc3)C4)c3c2C(=O)NC3)nc1. The number of nitrogens with zero attached hydrogens (tertiary/aromatic N) is 13.